The predicted octanol–water partition coefficient (Wildman–Crippen LogP) is 3.90. The first-order chi connectivity index (χ1) is 10.3. The average Bonchev–Trinajstić information content (AvgIpc) is 2.84. The number of nitrogens with one attached hydrogen (secondary N) is 1. The molecule has 1 aliphatic carbocycles. The molecular formula is C18H27N3. The van der Waals surface area contributed by atoms with Gasteiger partial charge >= 0.3 is 0 Å². The minimum atomic E-state index is 0.974. The van der Waals surface area contributed by atoms with Gasteiger partial charge in [-0.25, -0.2) is 4.98 Å². The molecule has 0 bridgehead atoms. The highest BCUT2D eigenvalue weighted by Gasteiger charge is 2.12. The molecule has 2 aromatic rings. The standard InChI is InChI=1S/C18H27N3/c1-15-20-17-9-5-6-10-18(17)21(15)14-13-19-12-11-16-7-3-2-4-8-16/h5-6,9-10,16,19H,2-4,7-8,11-14H2,1H3. The van der Waals surface area contributed by atoms with Crippen molar-refractivity contribution < 1.29 is 0 Å². The molecule has 0 spiro atoms. The SMILES string of the molecule is Cc1nc2ccccc2n1CCNCCC1CCCCC1. The summed E-state index contributed by atoms with van der Waals surface area (Å²) in [4.78, 5) is 4.62. The maximum Gasteiger partial charge on any atom is 0.106 e. The van der Waals surface area contributed by atoms with Gasteiger partial charge in [0.15, 0.2) is 0 Å². The highest BCUT2D eigenvalue weighted by molar-refractivity contribution is 5.75. The molecule has 0 radical (unpaired) electrons. The highest BCUT2D eigenvalue weighted by Crippen LogP contribution is 2.25. The summed E-state index contributed by atoms with van der Waals surface area (Å²) in [5.74, 6) is 2.09. The first-order valence-corrected chi connectivity index (χ1v) is 8.47. The van der Waals surface area contributed by atoms with Gasteiger partial charge in [0.05, 0.1) is 11.0 Å². The highest BCUT2D eigenvalue weighted by atomic mass is 15.1. The van der Waals surface area contributed by atoms with Crippen molar-refractivity contribution in [3.8, 4) is 0 Å². The Balaban J connectivity index is 1.45. The second-order valence-electron chi connectivity index (χ2n) is 6.34. The fourth-order valence-electron chi connectivity index (χ4n) is 3.58. The summed E-state index contributed by atoms with van der Waals surface area (Å²) in [7, 11) is 0. The van der Waals surface area contributed by atoms with Crippen LogP contribution in [0.25, 0.3) is 11.0 Å². The lowest BCUT2D eigenvalue weighted by atomic mass is 9.87. The van der Waals surface area contributed by atoms with Crippen LogP contribution >= 0.6 is 0 Å². The van der Waals surface area contributed by atoms with Gasteiger partial charge in [-0.2, -0.15) is 0 Å². The van der Waals surface area contributed by atoms with Crippen molar-refractivity contribution >= 4 is 11.0 Å². The molecule has 0 saturated heterocycles. The summed E-state index contributed by atoms with van der Waals surface area (Å²) in [5, 5.41) is 3.61. The van der Waals surface area contributed by atoms with Crippen molar-refractivity contribution in [1.29, 1.82) is 0 Å². The molecule has 21 heavy (non-hydrogen) atoms. The summed E-state index contributed by atoms with van der Waals surface area (Å²) in [6.07, 6.45) is 8.61. The number of aromatic nitrogens is 2. The number of aryl methyl sites for hydroxylation is 1. The molecule has 1 saturated carbocycles. The summed E-state index contributed by atoms with van der Waals surface area (Å²) in [6.45, 7) is 5.31. The van der Waals surface area contributed by atoms with Gasteiger partial charge in [0.1, 0.15) is 5.82 Å². The number of imidazole rings is 1. The van der Waals surface area contributed by atoms with Crippen LogP contribution in [0, 0.1) is 12.8 Å². The van der Waals surface area contributed by atoms with Crippen LogP contribution in [0.1, 0.15) is 44.3 Å². The first kappa shape index (κ1) is 14.6. The second-order valence-corrected chi connectivity index (χ2v) is 6.34. The Labute approximate surface area is 127 Å². The summed E-state index contributed by atoms with van der Waals surface area (Å²) >= 11 is 0. The number of fused-ring (bicyclic) bond motifs is 1. The number of rotatable bonds is 6. The maximum atomic E-state index is 4.62. The predicted molar refractivity (Wildman–Crippen MR) is 88.5 cm³/mol. The number of benzene rings is 1. The van der Waals surface area contributed by atoms with E-state index in [1.807, 2.05) is 0 Å². The Morgan fingerprint density at radius 2 is 1.95 bits per heavy atom. The van der Waals surface area contributed by atoms with E-state index in [-0.39, 0.29) is 0 Å². The lowest BCUT2D eigenvalue weighted by Gasteiger charge is -2.21. The molecule has 1 N–H and O–H groups in total. The number of hydrogen-bond acceptors (Lipinski definition) is 2. The van der Waals surface area contributed by atoms with Gasteiger partial charge in [-0.1, -0.05) is 44.2 Å². The molecule has 1 aromatic heterocycles. The van der Waals surface area contributed by atoms with Crippen LogP contribution in [0.5, 0.6) is 0 Å². The molecule has 3 heteroatoms. The van der Waals surface area contributed by atoms with Gasteiger partial charge < -0.3 is 9.88 Å². The zero-order valence-electron chi connectivity index (χ0n) is 13.1. The number of hydrogen-bond donors (Lipinski definition) is 1. The van der Waals surface area contributed by atoms with Crippen molar-refractivity contribution in [2.24, 2.45) is 5.92 Å². The average molecular weight is 285 g/mol. The lowest BCUT2D eigenvalue weighted by Crippen LogP contribution is -2.23. The van der Waals surface area contributed by atoms with E-state index in [9.17, 15) is 0 Å². The van der Waals surface area contributed by atoms with E-state index in [0.29, 0.717) is 0 Å². The van der Waals surface area contributed by atoms with E-state index >= 15 is 0 Å². The summed E-state index contributed by atoms with van der Waals surface area (Å²) < 4.78 is 2.32. The van der Waals surface area contributed by atoms with Crippen LogP contribution in [0.3, 0.4) is 0 Å². The second kappa shape index (κ2) is 7.08. The summed E-state index contributed by atoms with van der Waals surface area (Å²) in [6, 6.07) is 8.41. The Bertz CT molecular complexity index is 567. The minimum Gasteiger partial charge on any atom is -0.327 e. The fraction of sp³-hybridized carbons (Fsp3) is 0.611. The van der Waals surface area contributed by atoms with Gasteiger partial charge in [-0.05, 0) is 37.9 Å². The van der Waals surface area contributed by atoms with Crippen LogP contribution in [0.15, 0.2) is 24.3 Å². The molecular weight excluding hydrogens is 258 g/mol. The van der Waals surface area contributed by atoms with Crippen molar-refractivity contribution in [3.05, 3.63) is 30.1 Å². The largest absolute Gasteiger partial charge is 0.327 e. The van der Waals surface area contributed by atoms with Crippen LogP contribution in [0.2, 0.25) is 0 Å². The molecule has 1 aliphatic rings. The Kier molecular flexibility index (Phi) is 4.91. The molecule has 1 fully saturated rings. The third-order valence-electron chi connectivity index (χ3n) is 4.81. The van der Waals surface area contributed by atoms with Crippen LogP contribution in [0.4, 0.5) is 0 Å². The van der Waals surface area contributed by atoms with Crippen molar-refractivity contribution in [3.63, 3.8) is 0 Å². The lowest BCUT2D eigenvalue weighted by molar-refractivity contribution is 0.333. The Hall–Kier alpha value is -1.35. The van der Waals surface area contributed by atoms with Gasteiger partial charge in [0.2, 0.25) is 0 Å². The third-order valence-corrected chi connectivity index (χ3v) is 4.81. The summed E-state index contributed by atoms with van der Waals surface area (Å²) in [5.41, 5.74) is 2.36. The Morgan fingerprint density at radius 1 is 1.14 bits per heavy atom. The molecule has 1 aromatic carbocycles. The van der Waals surface area contributed by atoms with Crippen LogP contribution < -0.4 is 5.32 Å². The van der Waals surface area contributed by atoms with E-state index in [4.69, 9.17) is 0 Å². The van der Waals surface area contributed by atoms with E-state index in [1.54, 1.807) is 0 Å². The maximum absolute atomic E-state index is 4.62. The quantitative estimate of drug-likeness (QED) is 0.816. The smallest absolute Gasteiger partial charge is 0.106 e. The molecule has 0 aliphatic heterocycles. The minimum absolute atomic E-state index is 0.974. The molecule has 3 rings (SSSR count). The zero-order chi connectivity index (χ0) is 14.5. The number of nitrogens with zero attached hydrogens (tertiary/aromatic N) is 2. The normalized spacial score (nSPS) is 16.6. The monoisotopic (exact) mass is 285 g/mol. The Morgan fingerprint density at radius 3 is 2.81 bits per heavy atom. The van der Waals surface area contributed by atoms with Gasteiger partial charge in [0, 0.05) is 13.1 Å². The van der Waals surface area contributed by atoms with Crippen molar-refractivity contribution in [2.45, 2.75) is 52.0 Å². The van der Waals surface area contributed by atoms with E-state index in [1.165, 1.54) is 44.0 Å². The molecule has 114 valence electrons. The van der Waals surface area contributed by atoms with E-state index in [0.717, 1.165) is 36.9 Å². The van der Waals surface area contributed by atoms with E-state index in [2.05, 4.69) is 46.1 Å². The van der Waals surface area contributed by atoms with Gasteiger partial charge in [-0.15, -0.1) is 0 Å². The topological polar surface area (TPSA) is 29.9 Å². The number of para-hydroxylation sites is 2. The van der Waals surface area contributed by atoms with Crippen molar-refractivity contribution in [2.75, 3.05) is 13.1 Å². The van der Waals surface area contributed by atoms with Gasteiger partial charge in [-0.3, -0.25) is 0 Å². The van der Waals surface area contributed by atoms with Crippen LogP contribution in [-0.4, -0.2) is 22.6 Å². The van der Waals surface area contributed by atoms with Crippen LogP contribution in [-0.2, 0) is 6.54 Å². The van der Waals surface area contributed by atoms with Crippen molar-refractivity contribution in [1.82, 2.24) is 14.9 Å². The molecule has 1 heterocycles. The molecule has 0 amide bonds. The third kappa shape index (κ3) is 3.65. The molecule has 3 nitrogen and oxygen atoms in total. The molecule has 0 unspecified atom stereocenters. The zero-order valence-corrected chi connectivity index (χ0v) is 13.1. The first-order valence-electron chi connectivity index (χ1n) is 8.47. The van der Waals surface area contributed by atoms with E-state index < -0.39 is 0 Å². The molecule has 0 atom stereocenters. The van der Waals surface area contributed by atoms with Gasteiger partial charge in [0.25, 0.3) is 0 Å². The fourth-order valence-corrected chi connectivity index (χ4v) is 3.58.